The lowest BCUT2D eigenvalue weighted by atomic mass is 9.79. The summed E-state index contributed by atoms with van der Waals surface area (Å²) in [6, 6.07) is 51.2. The van der Waals surface area contributed by atoms with Gasteiger partial charge in [-0.3, -0.25) is 0 Å². The Labute approximate surface area is 253 Å². The van der Waals surface area contributed by atoms with E-state index < -0.39 is 23.0 Å². The Balaban J connectivity index is 0.000000141. The summed E-state index contributed by atoms with van der Waals surface area (Å²) in [4.78, 5) is 0. The molecule has 0 spiro atoms. The molecule has 43 heavy (non-hydrogen) atoms. The van der Waals surface area contributed by atoms with Crippen LogP contribution in [-0.2, 0) is 0 Å². The van der Waals surface area contributed by atoms with E-state index in [0.717, 1.165) is 27.9 Å². The molecule has 208 valence electrons. The van der Waals surface area contributed by atoms with Gasteiger partial charge in [-0.2, -0.15) is 0 Å². The molecule has 8 rings (SSSR count). The number of fused-ring (bicyclic) bond motifs is 4. The zero-order chi connectivity index (χ0) is 29.2. The zero-order valence-electron chi connectivity index (χ0n) is 23.1. The van der Waals surface area contributed by atoms with Crippen LogP contribution in [0.15, 0.2) is 152 Å². The molecule has 0 radical (unpaired) electrons. The number of para-hydroxylation sites is 4. The van der Waals surface area contributed by atoms with Gasteiger partial charge >= 0.3 is 7.12 Å². The monoisotopic (exact) mass is 596 g/mol. The Hall–Kier alpha value is -4.24. The van der Waals surface area contributed by atoms with Crippen molar-refractivity contribution in [3.05, 3.63) is 152 Å². The van der Waals surface area contributed by atoms with Gasteiger partial charge in [-0.05, 0) is 44.7 Å². The topological polar surface area (TPSA) is 58.9 Å². The molecule has 6 aromatic carbocycles. The van der Waals surface area contributed by atoms with Crippen molar-refractivity contribution in [3.63, 3.8) is 0 Å². The third-order valence-corrected chi connectivity index (χ3v) is 12.3. The van der Waals surface area contributed by atoms with Gasteiger partial charge in [0.2, 0.25) is 0 Å². The summed E-state index contributed by atoms with van der Waals surface area (Å²) in [5.74, 6) is 3.32. The van der Waals surface area contributed by atoms with E-state index >= 15 is 0 Å². The van der Waals surface area contributed by atoms with E-state index in [2.05, 4.69) is 84.9 Å². The van der Waals surface area contributed by atoms with Crippen LogP contribution < -0.4 is 46.8 Å². The van der Waals surface area contributed by atoms with E-state index in [1.54, 1.807) is 6.07 Å². The van der Waals surface area contributed by atoms with Crippen molar-refractivity contribution in [2.45, 2.75) is 0 Å². The average molecular weight is 596 g/mol. The maximum Gasteiger partial charge on any atom is 0.492 e. The van der Waals surface area contributed by atoms with Crippen LogP contribution in [0.3, 0.4) is 0 Å². The van der Waals surface area contributed by atoms with Gasteiger partial charge in [0.25, 0.3) is 0 Å². The SMILES string of the molecule is OB(O)c1cccc2c1Oc1ccccc1P2c1ccccc1.c1ccc(P2c3ccccc3Oc3ccccc32)cc1. The first-order valence-electron chi connectivity index (χ1n) is 14.0. The highest BCUT2D eigenvalue weighted by atomic mass is 31.1. The maximum atomic E-state index is 9.67. The second-order valence-corrected chi connectivity index (χ2v) is 14.3. The van der Waals surface area contributed by atoms with Crippen LogP contribution in [0, 0.1) is 0 Å². The Morgan fingerprint density at radius 1 is 0.395 bits per heavy atom. The fourth-order valence-corrected chi connectivity index (χ4v) is 10.3. The maximum absolute atomic E-state index is 9.67. The van der Waals surface area contributed by atoms with Crippen LogP contribution in [0.25, 0.3) is 0 Å². The largest absolute Gasteiger partial charge is 0.492 e. The Kier molecular flexibility index (Phi) is 7.81. The highest BCUT2D eigenvalue weighted by molar-refractivity contribution is 7.80. The molecule has 0 fully saturated rings. The first-order chi connectivity index (χ1) is 21.2. The molecular formula is C36H27BO4P2. The predicted octanol–water partition coefficient (Wildman–Crippen LogP) is 4.78. The smallest absolute Gasteiger partial charge is 0.456 e. The van der Waals surface area contributed by atoms with Crippen molar-refractivity contribution in [2.75, 3.05) is 0 Å². The van der Waals surface area contributed by atoms with Crippen molar-refractivity contribution in [1.29, 1.82) is 0 Å². The summed E-state index contributed by atoms with van der Waals surface area (Å²) in [6.07, 6.45) is 0. The van der Waals surface area contributed by atoms with E-state index in [1.807, 2.05) is 60.7 Å². The molecule has 4 nitrogen and oxygen atoms in total. The molecule has 2 heterocycles. The molecular weight excluding hydrogens is 569 g/mol. The van der Waals surface area contributed by atoms with Crippen LogP contribution in [-0.4, -0.2) is 17.2 Å². The highest BCUT2D eigenvalue weighted by Crippen LogP contribution is 2.45. The van der Waals surface area contributed by atoms with Crippen LogP contribution >= 0.6 is 15.8 Å². The van der Waals surface area contributed by atoms with Gasteiger partial charge < -0.3 is 19.5 Å². The number of ether oxygens (including phenoxy) is 2. The van der Waals surface area contributed by atoms with Gasteiger partial charge in [-0.15, -0.1) is 0 Å². The lowest BCUT2D eigenvalue weighted by molar-refractivity contribution is 0.421. The summed E-state index contributed by atoms with van der Waals surface area (Å²) in [5, 5.41) is 26.7. The highest BCUT2D eigenvalue weighted by Gasteiger charge is 2.32. The molecule has 1 unspecified atom stereocenters. The minimum Gasteiger partial charge on any atom is -0.456 e. The summed E-state index contributed by atoms with van der Waals surface area (Å²) in [5.41, 5.74) is 0.403. The van der Waals surface area contributed by atoms with E-state index in [9.17, 15) is 10.0 Å². The molecule has 6 aromatic rings. The Morgan fingerprint density at radius 3 is 1.28 bits per heavy atom. The summed E-state index contributed by atoms with van der Waals surface area (Å²) in [7, 11) is -2.86. The second kappa shape index (κ2) is 12.2. The molecule has 2 aliphatic heterocycles. The summed E-state index contributed by atoms with van der Waals surface area (Å²) < 4.78 is 12.1. The minimum absolute atomic E-state index is 0.403. The average Bonchev–Trinajstić information content (AvgIpc) is 3.07. The van der Waals surface area contributed by atoms with Crippen LogP contribution in [0.5, 0.6) is 23.0 Å². The van der Waals surface area contributed by atoms with Crippen LogP contribution in [0.2, 0.25) is 0 Å². The second-order valence-electron chi connectivity index (χ2n) is 10.0. The number of benzene rings is 6. The van der Waals surface area contributed by atoms with Crippen molar-refractivity contribution < 1.29 is 19.5 Å². The van der Waals surface area contributed by atoms with E-state index in [0.29, 0.717) is 11.2 Å². The molecule has 2 aliphatic rings. The third kappa shape index (κ3) is 5.38. The van der Waals surface area contributed by atoms with Gasteiger partial charge in [-0.25, -0.2) is 0 Å². The molecule has 2 N–H and O–H groups in total. The standard InChI is InChI=1S/C18H14BO3P.C18H13OP/c20-19(21)14-9-6-12-17-18(14)22-15-10-4-5-11-16(15)23(17)13-7-2-1-3-8-13;1-2-8-14(9-3-1)20-17-12-6-4-10-15(17)19-16-11-5-7-13-18(16)20/h1-12,20-21H;1-13H. The lowest BCUT2D eigenvalue weighted by Crippen LogP contribution is -2.37. The number of rotatable bonds is 3. The molecule has 0 saturated heterocycles. The van der Waals surface area contributed by atoms with Crippen molar-refractivity contribution in [1.82, 2.24) is 0 Å². The van der Waals surface area contributed by atoms with Crippen molar-refractivity contribution >= 4 is 60.3 Å². The van der Waals surface area contributed by atoms with Crippen molar-refractivity contribution in [2.24, 2.45) is 0 Å². The molecule has 0 aromatic heterocycles. The molecule has 0 aliphatic carbocycles. The van der Waals surface area contributed by atoms with Gasteiger partial charge in [0.15, 0.2) is 0 Å². The van der Waals surface area contributed by atoms with Gasteiger partial charge in [0.05, 0.1) is 0 Å². The van der Waals surface area contributed by atoms with Crippen LogP contribution in [0.1, 0.15) is 0 Å². The Morgan fingerprint density at radius 2 is 0.791 bits per heavy atom. The minimum atomic E-state index is -1.55. The summed E-state index contributed by atoms with van der Waals surface area (Å²) in [6.45, 7) is 0. The fourth-order valence-electron chi connectivity index (χ4n) is 5.42. The zero-order valence-corrected chi connectivity index (χ0v) is 24.9. The predicted molar refractivity (Wildman–Crippen MR) is 180 cm³/mol. The van der Waals surface area contributed by atoms with E-state index in [1.165, 1.54) is 21.2 Å². The molecule has 0 bridgehead atoms. The molecule has 1 atom stereocenters. The van der Waals surface area contributed by atoms with Gasteiger partial charge in [-0.1, -0.05) is 133 Å². The summed E-state index contributed by atoms with van der Waals surface area (Å²) >= 11 is 0. The molecule has 0 amide bonds. The molecule has 0 saturated carbocycles. The number of hydrogen-bond acceptors (Lipinski definition) is 4. The van der Waals surface area contributed by atoms with Gasteiger partial charge in [0.1, 0.15) is 23.0 Å². The quantitative estimate of drug-likeness (QED) is 0.228. The first-order valence-corrected chi connectivity index (χ1v) is 16.7. The Bertz CT molecular complexity index is 1840. The lowest BCUT2D eigenvalue weighted by Gasteiger charge is -2.30. The fraction of sp³-hybridized carbons (Fsp3) is 0. The third-order valence-electron chi connectivity index (χ3n) is 7.32. The van der Waals surface area contributed by atoms with E-state index in [4.69, 9.17) is 9.47 Å². The first kappa shape index (κ1) is 27.6. The molecule has 7 heteroatoms. The van der Waals surface area contributed by atoms with Crippen LogP contribution in [0.4, 0.5) is 0 Å². The van der Waals surface area contributed by atoms with Crippen molar-refractivity contribution in [3.8, 4) is 23.0 Å². The van der Waals surface area contributed by atoms with Gasteiger partial charge in [0, 0.05) is 26.7 Å². The normalized spacial score (nSPS) is 14.3. The van der Waals surface area contributed by atoms with E-state index in [-0.39, 0.29) is 0 Å². The number of hydrogen-bond donors (Lipinski definition) is 2.